The minimum atomic E-state index is -4.19. The van der Waals surface area contributed by atoms with E-state index < -0.39 is 18.6 Å². The Labute approximate surface area is 106 Å². The highest BCUT2D eigenvalue weighted by atomic mass is 35.5. The summed E-state index contributed by atoms with van der Waals surface area (Å²) < 4.78 is 35.6. The van der Waals surface area contributed by atoms with Crippen molar-refractivity contribution >= 4 is 23.4 Å². The Morgan fingerprint density at radius 3 is 2.67 bits per heavy atom. The fraction of sp³-hybridized carbons (Fsp3) is 0.400. The molecule has 0 amide bonds. The number of carbonyl (C=O) groups is 1. The van der Waals surface area contributed by atoms with E-state index in [-0.39, 0.29) is 29.5 Å². The van der Waals surface area contributed by atoms with Gasteiger partial charge < -0.3 is 10.4 Å². The van der Waals surface area contributed by atoms with E-state index in [4.69, 9.17) is 16.7 Å². The second-order valence-corrected chi connectivity index (χ2v) is 3.88. The third-order valence-electron chi connectivity index (χ3n) is 1.99. The van der Waals surface area contributed by atoms with E-state index in [1.807, 2.05) is 0 Å². The highest BCUT2D eigenvalue weighted by Gasteiger charge is 2.25. The summed E-state index contributed by atoms with van der Waals surface area (Å²) >= 11 is 5.59. The largest absolute Gasteiger partial charge is 0.476 e. The number of hydrogen-bond donors (Lipinski definition) is 2. The predicted octanol–water partition coefficient (Wildman–Crippen LogP) is 3.19. The second kappa shape index (κ2) is 5.90. The van der Waals surface area contributed by atoms with E-state index >= 15 is 0 Å². The smallest absolute Gasteiger partial charge is 0.389 e. The zero-order chi connectivity index (χ0) is 13.8. The number of aromatic nitrogens is 1. The van der Waals surface area contributed by atoms with Gasteiger partial charge in [0.05, 0.1) is 5.02 Å². The number of halogens is 4. The molecule has 1 heterocycles. The lowest BCUT2D eigenvalue weighted by molar-refractivity contribution is -0.134. The van der Waals surface area contributed by atoms with Crippen LogP contribution in [0, 0.1) is 0 Å². The van der Waals surface area contributed by atoms with E-state index in [1.54, 1.807) is 0 Å². The van der Waals surface area contributed by atoms with Gasteiger partial charge >= 0.3 is 12.1 Å². The Kier molecular flexibility index (Phi) is 4.77. The topological polar surface area (TPSA) is 62.2 Å². The first-order valence-electron chi connectivity index (χ1n) is 5.00. The van der Waals surface area contributed by atoms with Gasteiger partial charge in [0.25, 0.3) is 0 Å². The maximum Gasteiger partial charge on any atom is 0.389 e. The van der Waals surface area contributed by atoms with Crippen LogP contribution < -0.4 is 5.32 Å². The van der Waals surface area contributed by atoms with Crippen LogP contribution >= 0.6 is 11.6 Å². The Hall–Kier alpha value is -1.50. The third kappa shape index (κ3) is 4.79. The standard InChI is InChI=1S/C10H10ClF3N2O2/c11-6-2-3-7(16-8(6)9(17)18)15-5-1-4-10(12,13)14/h2-3H,1,4-5H2,(H,15,16)(H,17,18). The monoisotopic (exact) mass is 282 g/mol. The molecular formula is C10H10ClF3N2O2. The maximum absolute atomic E-state index is 11.9. The van der Waals surface area contributed by atoms with E-state index in [1.165, 1.54) is 12.1 Å². The van der Waals surface area contributed by atoms with Crippen LogP contribution in [-0.2, 0) is 0 Å². The predicted molar refractivity (Wildman–Crippen MR) is 60.0 cm³/mol. The summed E-state index contributed by atoms with van der Waals surface area (Å²) in [6.07, 6.45) is -5.21. The molecule has 0 aliphatic heterocycles. The number of nitrogens with one attached hydrogen (secondary N) is 1. The molecule has 0 saturated carbocycles. The minimum absolute atomic E-state index is 0.0247. The van der Waals surface area contributed by atoms with Gasteiger partial charge in [0.15, 0.2) is 5.69 Å². The average Bonchev–Trinajstić information content (AvgIpc) is 2.24. The molecule has 0 bridgehead atoms. The number of hydrogen-bond acceptors (Lipinski definition) is 3. The molecule has 0 fully saturated rings. The SMILES string of the molecule is O=C(O)c1nc(NCCCC(F)(F)F)ccc1Cl. The van der Waals surface area contributed by atoms with Crippen LogP contribution in [0.5, 0.6) is 0 Å². The molecule has 18 heavy (non-hydrogen) atoms. The molecule has 1 rings (SSSR count). The molecule has 1 aromatic rings. The number of nitrogens with zero attached hydrogens (tertiary/aromatic N) is 1. The highest BCUT2D eigenvalue weighted by molar-refractivity contribution is 6.33. The maximum atomic E-state index is 11.9. The minimum Gasteiger partial charge on any atom is -0.476 e. The van der Waals surface area contributed by atoms with Crippen molar-refractivity contribution in [2.75, 3.05) is 11.9 Å². The van der Waals surface area contributed by atoms with Gasteiger partial charge in [0.2, 0.25) is 0 Å². The number of pyridine rings is 1. The summed E-state index contributed by atoms with van der Waals surface area (Å²) in [4.78, 5) is 14.4. The lowest BCUT2D eigenvalue weighted by Crippen LogP contribution is -2.12. The summed E-state index contributed by atoms with van der Waals surface area (Å²) in [5.74, 6) is -1.11. The fourth-order valence-electron chi connectivity index (χ4n) is 1.20. The number of anilines is 1. The van der Waals surface area contributed by atoms with Gasteiger partial charge in [-0.3, -0.25) is 0 Å². The highest BCUT2D eigenvalue weighted by Crippen LogP contribution is 2.21. The lowest BCUT2D eigenvalue weighted by Gasteiger charge is -2.08. The Balaban J connectivity index is 2.53. The van der Waals surface area contributed by atoms with Crippen molar-refractivity contribution in [2.24, 2.45) is 0 Å². The van der Waals surface area contributed by atoms with Gasteiger partial charge in [-0.2, -0.15) is 13.2 Å². The molecule has 0 aliphatic rings. The molecule has 8 heteroatoms. The van der Waals surface area contributed by atoms with E-state index in [2.05, 4.69) is 10.3 Å². The molecule has 0 spiro atoms. The van der Waals surface area contributed by atoms with Crippen LogP contribution in [-0.4, -0.2) is 28.8 Å². The number of aromatic carboxylic acids is 1. The number of carboxylic acid groups (broad SMARTS) is 1. The fourth-order valence-corrected chi connectivity index (χ4v) is 1.38. The van der Waals surface area contributed by atoms with Crippen molar-refractivity contribution in [3.8, 4) is 0 Å². The van der Waals surface area contributed by atoms with Crippen LogP contribution in [0.4, 0.5) is 19.0 Å². The zero-order valence-electron chi connectivity index (χ0n) is 9.09. The first-order chi connectivity index (χ1) is 8.29. The third-order valence-corrected chi connectivity index (χ3v) is 2.30. The van der Waals surface area contributed by atoms with Crippen molar-refractivity contribution in [3.05, 3.63) is 22.8 Å². The van der Waals surface area contributed by atoms with Gasteiger partial charge in [0, 0.05) is 13.0 Å². The summed E-state index contributed by atoms with van der Waals surface area (Å²) in [5.41, 5.74) is -0.336. The summed E-state index contributed by atoms with van der Waals surface area (Å²) in [6, 6.07) is 2.73. The van der Waals surface area contributed by atoms with Gasteiger partial charge in [-0.25, -0.2) is 9.78 Å². The summed E-state index contributed by atoms with van der Waals surface area (Å²) in [5, 5.41) is 11.3. The molecule has 0 radical (unpaired) electrons. The molecule has 1 aromatic heterocycles. The van der Waals surface area contributed by atoms with Gasteiger partial charge in [-0.05, 0) is 18.6 Å². The van der Waals surface area contributed by atoms with Crippen molar-refractivity contribution in [1.82, 2.24) is 4.98 Å². The quantitative estimate of drug-likeness (QED) is 0.814. The second-order valence-electron chi connectivity index (χ2n) is 3.48. The number of carboxylic acids is 1. The average molecular weight is 283 g/mol. The molecule has 0 unspecified atom stereocenters. The van der Waals surface area contributed by atoms with Crippen LogP contribution in [0.25, 0.3) is 0 Å². The van der Waals surface area contributed by atoms with Crippen LogP contribution in [0.3, 0.4) is 0 Å². The van der Waals surface area contributed by atoms with Gasteiger partial charge in [0.1, 0.15) is 5.82 Å². The van der Waals surface area contributed by atoms with Crippen LogP contribution in [0.2, 0.25) is 5.02 Å². The molecule has 0 atom stereocenters. The first-order valence-corrected chi connectivity index (χ1v) is 5.38. The molecule has 0 aliphatic carbocycles. The van der Waals surface area contributed by atoms with Gasteiger partial charge in [-0.15, -0.1) is 0 Å². The molecule has 100 valence electrons. The normalized spacial score (nSPS) is 11.3. The van der Waals surface area contributed by atoms with E-state index in [0.717, 1.165) is 0 Å². The number of rotatable bonds is 5. The number of alkyl halides is 3. The Morgan fingerprint density at radius 1 is 1.44 bits per heavy atom. The zero-order valence-corrected chi connectivity index (χ0v) is 9.85. The van der Waals surface area contributed by atoms with Gasteiger partial charge in [-0.1, -0.05) is 11.6 Å². The van der Waals surface area contributed by atoms with Crippen molar-refractivity contribution in [3.63, 3.8) is 0 Å². The Bertz CT molecular complexity index is 438. The lowest BCUT2D eigenvalue weighted by atomic mass is 10.3. The molecule has 2 N–H and O–H groups in total. The molecular weight excluding hydrogens is 273 g/mol. The van der Waals surface area contributed by atoms with Crippen LogP contribution in [0.15, 0.2) is 12.1 Å². The summed E-state index contributed by atoms with van der Waals surface area (Å²) in [7, 11) is 0. The van der Waals surface area contributed by atoms with E-state index in [0.29, 0.717) is 0 Å². The van der Waals surface area contributed by atoms with Crippen molar-refractivity contribution in [1.29, 1.82) is 0 Å². The summed E-state index contributed by atoms with van der Waals surface area (Å²) in [6.45, 7) is 0.0488. The molecule has 4 nitrogen and oxygen atoms in total. The van der Waals surface area contributed by atoms with E-state index in [9.17, 15) is 18.0 Å². The van der Waals surface area contributed by atoms with Crippen LogP contribution in [0.1, 0.15) is 23.3 Å². The van der Waals surface area contributed by atoms with Crippen molar-refractivity contribution in [2.45, 2.75) is 19.0 Å². The Morgan fingerprint density at radius 2 is 2.11 bits per heavy atom. The molecule has 0 saturated heterocycles. The van der Waals surface area contributed by atoms with Crippen molar-refractivity contribution < 1.29 is 23.1 Å². The first kappa shape index (κ1) is 14.6. The molecule has 0 aromatic carbocycles.